The monoisotopic (exact) mass is 358 g/mol. The van der Waals surface area contributed by atoms with Gasteiger partial charge in [-0.3, -0.25) is 4.79 Å². The molecule has 1 aliphatic carbocycles. The molecule has 0 aromatic rings. The van der Waals surface area contributed by atoms with Gasteiger partial charge in [0.05, 0.1) is 0 Å². The Balaban J connectivity index is 1.78. The topological polar surface area (TPSA) is 26.3 Å². The van der Waals surface area contributed by atoms with Crippen molar-refractivity contribution >= 4 is 5.97 Å². The first-order chi connectivity index (χ1) is 12.8. The Labute approximate surface area is 161 Å². The van der Waals surface area contributed by atoms with E-state index in [2.05, 4.69) is 24.8 Å². The average Bonchev–Trinajstić information content (AvgIpc) is 3.17. The highest BCUT2D eigenvalue weighted by atomic mass is 16.5. The lowest BCUT2D eigenvalue weighted by Gasteiger charge is -2.04. The van der Waals surface area contributed by atoms with Crippen LogP contribution in [0.2, 0.25) is 0 Å². The molecular formula is C24H38O2. The number of hydrogen-bond donors (Lipinski definition) is 0. The number of esters is 1. The number of allylic oxidation sites excluding steroid dienone is 3. The second-order valence-electron chi connectivity index (χ2n) is 7.19. The van der Waals surface area contributed by atoms with Gasteiger partial charge in [0, 0.05) is 12.0 Å². The highest BCUT2D eigenvalue weighted by Crippen LogP contribution is 2.10. The smallest absolute Gasteiger partial charge is 0.306 e. The molecule has 0 amide bonds. The summed E-state index contributed by atoms with van der Waals surface area (Å²) in [5.74, 6) is -0.0859. The Kier molecular flexibility index (Phi) is 14.6. The molecule has 0 saturated carbocycles. The summed E-state index contributed by atoms with van der Waals surface area (Å²) in [6.45, 7) is 2.62. The zero-order valence-corrected chi connectivity index (χ0v) is 16.8. The van der Waals surface area contributed by atoms with Crippen molar-refractivity contribution < 1.29 is 9.53 Å². The lowest BCUT2D eigenvalue weighted by atomic mass is 10.1. The molecule has 0 aliphatic heterocycles. The van der Waals surface area contributed by atoms with Crippen molar-refractivity contribution in [2.45, 2.75) is 96.8 Å². The van der Waals surface area contributed by atoms with Crippen LogP contribution in [0.5, 0.6) is 0 Å². The van der Waals surface area contributed by atoms with Crippen molar-refractivity contribution in [2.24, 2.45) is 0 Å². The van der Waals surface area contributed by atoms with Gasteiger partial charge in [-0.2, -0.15) is 0 Å². The summed E-state index contributed by atoms with van der Waals surface area (Å²) in [6.07, 6.45) is 27.5. The molecule has 0 aromatic heterocycles. The van der Waals surface area contributed by atoms with E-state index >= 15 is 0 Å². The van der Waals surface area contributed by atoms with Gasteiger partial charge in [0.25, 0.3) is 0 Å². The van der Waals surface area contributed by atoms with Crippen LogP contribution in [-0.2, 0) is 9.53 Å². The van der Waals surface area contributed by atoms with Crippen LogP contribution in [0, 0.1) is 0 Å². The summed E-state index contributed by atoms with van der Waals surface area (Å²) in [5.41, 5.74) is 3.98. The molecule has 2 nitrogen and oxygen atoms in total. The predicted octanol–water partition coefficient (Wildman–Crippen LogP) is 7.22. The minimum absolute atomic E-state index is 0.0859. The van der Waals surface area contributed by atoms with Crippen molar-refractivity contribution in [3.8, 4) is 0 Å². The minimum atomic E-state index is -0.0859. The molecule has 0 saturated heterocycles. The van der Waals surface area contributed by atoms with Crippen LogP contribution in [0.25, 0.3) is 0 Å². The van der Waals surface area contributed by atoms with Gasteiger partial charge in [-0.05, 0) is 44.3 Å². The molecule has 0 aromatic carbocycles. The first kappa shape index (κ1) is 22.5. The van der Waals surface area contributed by atoms with Gasteiger partial charge < -0.3 is 4.74 Å². The van der Waals surface area contributed by atoms with Crippen LogP contribution in [0.15, 0.2) is 41.7 Å². The average molecular weight is 359 g/mol. The third-order valence-electron chi connectivity index (χ3n) is 4.69. The summed E-state index contributed by atoms with van der Waals surface area (Å²) < 4.78 is 5.23. The maximum Gasteiger partial charge on any atom is 0.306 e. The SMILES string of the molecule is CCCCCCCC/C=C\CCCCCCCC(=O)OCC1=C=CC=C1. The van der Waals surface area contributed by atoms with E-state index in [1.54, 1.807) is 0 Å². The molecule has 26 heavy (non-hydrogen) atoms. The van der Waals surface area contributed by atoms with Crippen molar-refractivity contribution in [1.29, 1.82) is 0 Å². The molecule has 0 bridgehead atoms. The van der Waals surface area contributed by atoms with Gasteiger partial charge in [0.15, 0.2) is 0 Å². The van der Waals surface area contributed by atoms with E-state index in [1.807, 2.05) is 18.2 Å². The summed E-state index contributed by atoms with van der Waals surface area (Å²) >= 11 is 0. The van der Waals surface area contributed by atoms with Crippen LogP contribution >= 0.6 is 0 Å². The Morgan fingerprint density at radius 3 is 2.15 bits per heavy atom. The van der Waals surface area contributed by atoms with Gasteiger partial charge >= 0.3 is 5.97 Å². The van der Waals surface area contributed by atoms with E-state index < -0.39 is 0 Å². The number of ether oxygens (including phenoxy) is 1. The van der Waals surface area contributed by atoms with Crippen molar-refractivity contribution in [1.82, 2.24) is 0 Å². The fraction of sp³-hybridized carbons (Fsp3) is 0.667. The Morgan fingerprint density at radius 1 is 0.923 bits per heavy atom. The lowest BCUT2D eigenvalue weighted by molar-refractivity contribution is -0.142. The Bertz CT molecular complexity index is 478. The molecule has 0 N–H and O–H groups in total. The van der Waals surface area contributed by atoms with Crippen LogP contribution in [0.3, 0.4) is 0 Å². The van der Waals surface area contributed by atoms with Crippen molar-refractivity contribution in [2.75, 3.05) is 6.61 Å². The standard InChI is InChI=1S/C24H38O2/c1-2-3-4-5-6-7-8-9-10-11-12-13-14-15-16-21-24(25)26-22-23-19-17-18-20-23/h9-10,17-19H,2-8,11-16,21-22H2,1H3/b10-9-. The molecule has 2 heteroatoms. The van der Waals surface area contributed by atoms with E-state index in [1.165, 1.54) is 70.6 Å². The third-order valence-corrected chi connectivity index (χ3v) is 4.69. The van der Waals surface area contributed by atoms with Gasteiger partial charge in [-0.15, -0.1) is 5.73 Å². The molecule has 1 rings (SSSR count). The van der Waals surface area contributed by atoms with E-state index in [-0.39, 0.29) is 5.97 Å². The summed E-state index contributed by atoms with van der Waals surface area (Å²) in [7, 11) is 0. The largest absolute Gasteiger partial charge is 0.460 e. The second kappa shape index (κ2) is 16.9. The summed E-state index contributed by atoms with van der Waals surface area (Å²) in [5, 5.41) is 0. The van der Waals surface area contributed by atoms with Crippen LogP contribution in [0.1, 0.15) is 96.8 Å². The summed E-state index contributed by atoms with van der Waals surface area (Å²) in [6, 6.07) is 0. The summed E-state index contributed by atoms with van der Waals surface area (Å²) in [4.78, 5) is 11.6. The van der Waals surface area contributed by atoms with E-state index in [9.17, 15) is 4.79 Å². The second-order valence-corrected chi connectivity index (χ2v) is 7.19. The van der Waals surface area contributed by atoms with Gasteiger partial charge in [0.2, 0.25) is 0 Å². The zero-order valence-electron chi connectivity index (χ0n) is 16.8. The fourth-order valence-corrected chi connectivity index (χ4v) is 3.03. The molecule has 0 heterocycles. The molecule has 1 aliphatic rings. The molecular weight excluding hydrogens is 320 g/mol. The molecule has 0 fully saturated rings. The predicted molar refractivity (Wildman–Crippen MR) is 111 cm³/mol. The molecule has 146 valence electrons. The van der Waals surface area contributed by atoms with Crippen molar-refractivity contribution in [3.63, 3.8) is 0 Å². The van der Waals surface area contributed by atoms with E-state index in [4.69, 9.17) is 4.74 Å². The van der Waals surface area contributed by atoms with E-state index in [0.717, 1.165) is 18.4 Å². The molecule has 0 atom stereocenters. The molecule has 0 radical (unpaired) electrons. The number of unbranched alkanes of at least 4 members (excludes halogenated alkanes) is 11. The fourth-order valence-electron chi connectivity index (χ4n) is 3.03. The van der Waals surface area contributed by atoms with Crippen LogP contribution < -0.4 is 0 Å². The number of hydrogen-bond acceptors (Lipinski definition) is 2. The van der Waals surface area contributed by atoms with Gasteiger partial charge in [-0.1, -0.05) is 76.5 Å². The third kappa shape index (κ3) is 13.7. The van der Waals surface area contributed by atoms with Crippen LogP contribution in [-0.4, -0.2) is 12.6 Å². The number of rotatable bonds is 17. The normalized spacial score (nSPS) is 12.9. The maximum atomic E-state index is 11.6. The Hall–Kier alpha value is -1.53. The highest BCUT2D eigenvalue weighted by Gasteiger charge is 2.04. The van der Waals surface area contributed by atoms with E-state index in [0.29, 0.717) is 13.0 Å². The maximum absolute atomic E-state index is 11.6. The van der Waals surface area contributed by atoms with Gasteiger partial charge in [-0.25, -0.2) is 0 Å². The minimum Gasteiger partial charge on any atom is -0.460 e. The first-order valence-corrected chi connectivity index (χ1v) is 10.8. The lowest BCUT2D eigenvalue weighted by Crippen LogP contribution is -2.06. The number of carbonyl (C=O) groups excluding carboxylic acids is 1. The first-order valence-electron chi connectivity index (χ1n) is 10.8. The quantitative estimate of drug-likeness (QED) is 0.119. The number of carbonyl (C=O) groups is 1. The van der Waals surface area contributed by atoms with Crippen LogP contribution in [0.4, 0.5) is 0 Å². The highest BCUT2D eigenvalue weighted by molar-refractivity contribution is 5.69. The van der Waals surface area contributed by atoms with Crippen molar-refractivity contribution in [3.05, 3.63) is 41.7 Å². The Morgan fingerprint density at radius 2 is 1.54 bits per heavy atom. The molecule has 0 unspecified atom stereocenters. The van der Waals surface area contributed by atoms with Gasteiger partial charge in [0.1, 0.15) is 6.61 Å². The zero-order chi connectivity index (χ0) is 18.7. The molecule has 0 spiro atoms.